The Morgan fingerprint density at radius 2 is 1.04 bits per heavy atom. The molecule has 1 N–H and O–H groups in total. The molecule has 0 atom stereocenters. The van der Waals surface area contributed by atoms with Crippen molar-refractivity contribution in [3.63, 3.8) is 0 Å². The molecule has 26 heavy (non-hydrogen) atoms. The predicted octanol–water partition coefficient (Wildman–Crippen LogP) is 7.34. The van der Waals surface area contributed by atoms with Crippen molar-refractivity contribution < 1.29 is 9.90 Å². The normalized spacial score (nSPS) is 11.0. The molecule has 148 valence electrons. The van der Waals surface area contributed by atoms with Gasteiger partial charge >= 0.3 is 5.97 Å². The molecular formula is C24H40O2. The molecule has 0 unspecified atom stereocenters. The van der Waals surface area contributed by atoms with Gasteiger partial charge in [0.05, 0.1) is 6.42 Å². The van der Waals surface area contributed by atoms with Crippen LogP contribution in [0.5, 0.6) is 0 Å². The van der Waals surface area contributed by atoms with E-state index < -0.39 is 5.97 Å². The molecular weight excluding hydrogens is 320 g/mol. The fourth-order valence-corrected chi connectivity index (χ4v) is 3.52. The highest BCUT2D eigenvalue weighted by Crippen LogP contribution is 2.14. The Morgan fingerprint density at radius 1 is 0.654 bits per heavy atom. The van der Waals surface area contributed by atoms with Crippen molar-refractivity contribution in [2.75, 3.05) is 0 Å². The molecule has 0 spiro atoms. The number of hydrogen-bond acceptors (Lipinski definition) is 1. The van der Waals surface area contributed by atoms with Gasteiger partial charge in [0.1, 0.15) is 0 Å². The molecule has 1 rings (SSSR count). The van der Waals surface area contributed by atoms with Gasteiger partial charge in [0.2, 0.25) is 0 Å². The van der Waals surface area contributed by atoms with E-state index in [1.165, 1.54) is 95.5 Å². The minimum Gasteiger partial charge on any atom is -0.481 e. The van der Waals surface area contributed by atoms with E-state index in [2.05, 4.69) is 19.1 Å². The first-order valence-corrected chi connectivity index (χ1v) is 11.0. The third-order valence-corrected chi connectivity index (χ3v) is 5.20. The maximum Gasteiger partial charge on any atom is 0.307 e. The second-order valence-corrected chi connectivity index (χ2v) is 7.73. The highest BCUT2D eigenvalue weighted by Gasteiger charge is 2.00. The molecule has 0 aromatic heterocycles. The predicted molar refractivity (Wildman–Crippen MR) is 112 cm³/mol. The first-order valence-electron chi connectivity index (χ1n) is 11.0. The summed E-state index contributed by atoms with van der Waals surface area (Å²) in [7, 11) is 0. The molecule has 0 aliphatic heterocycles. The second-order valence-electron chi connectivity index (χ2n) is 7.73. The van der Waals surface area contributed by atoms with E-state index in [0.29, 0.717) is 0 Å². The summed E-state index contributed by atoms with van der Waals surface area (Å²) in [5.74, 6) is -0.760. The number of benzene rings is 1. The summed E-state index contributed by atoms with van der Waals surface area (Å²) in [5.41, 5.74) is 2.22. The highest BCUT2D eigenvalue weighted by atomic mass is 16.4. The van der Waals surface area contributed by atoms with Gasteiger partial charge in [-0.2, -0.15) is 0 Å². The Bertz CT molecular complexity index is 450. The van der Waals surface area contributed by atoms with Crippen molar-refractivity contribution in [1.29, 1.82) is 0 Å². The third-order valence-electron chi connectivity index (χ3n) is 5.20. The van der Waals surface area contributed by atoms with Gasteiger partial charge in [0, 0.05) is 0 Å². The van der Waals surface area contributed by atoms with Gasteiger partial charge < -0.3 is 5.11 Å². The van der Waals surface area contributed by atoms with Crippen LogP contribution in [0, 0.1) is 0 Å². The number of rotatable bonds is 17. The lowest BCUT2D eigenvalue weighted by Crippen LogP contribution is -1.99. The molecule has 0 saturated carbocycles. The SMILES string of the molecule is CCCCCCCCCCCCCCCCc1ccc(CC(=O)O)cc1. The van der Waals surface area contributed by atoms with Crippen LogP contribution in [0.1, 0.15) is 108 Å². The smallest absolute Gasteiger partial charge is 0.307 e. The average Bonchev–Trinajstić information content (AvgIpc) is 2.63. The average molecular weight is 361 g/mol. The number of aliphatic carboxylic acids is 1. The molecule has 0 amide bonds. The topological polar surface area (TPSA) is 37.3 Å². The zero-order valence-corrected chi connectivity index (χ0v) is 17.0. The standard InChI is InChI=1S/C24H40O2/c1-2-3-4-5-6-7-8-9-10-11-12-13-14-15-16-22-17-19-23(20-18-22)21-24(25)26/h17-20H,2-16,21H2,1H3,(H,25,26). The molecule has 1 aromatic rings. The van der Waals surface area contributed by atoms with E-state index in [0.717, 1.165) is 12.0 Å². The molecule has 0 aliphatic rings. The Morgan fingerprint density at radius 3 is 1.46 bits per heavy atom. The number of carbonyl (C=O) groups is 1. The van der Waals surface area contributed by atoms with Crippen LogP contribution >= 0.6 is 0 Å². The van der Waals surface area contributed by atoms with Crippen LogP contribution < -0.4 is 0 Å². The van der Waals surface area contributed by atoms with Crippen molar-refractivity contribution in [2.45, 2.75) is 110 Å². The lowest BCUT2D eigenvalue weighted by molar-refractivity contribution is -0.136. The molecule has 0 saturated heterocycles. The first kappa shape index (κ1) is 22.7. The van der Waals surface area contributed by atoms with Crippen molar-refractivity contribution in [3.05, 3.63) is 35.4 Å². The largest absolute Gasteiger partial charge is 0.481 e. The zero-order valence-electron chi connectivity index (χ0n) is 17.0. The van der Waals surface area contributed by atoms with Crippen LogP contribution in [0.2, 0.25) is 0 Å². The van der Waals surface area contributed by atoms with E-state index in [4.69, 9.17) is 5.11 Å². The Kier molecular flexibility index (Phi) is 13.9. The van der Waals surface area contributed by atoms with Crippen LogP contribution in [0.4, 0.5) is 0 Å². The number of carboxylic acid groups (broad SMARTS) is 1. The Labute approximate surface area is 161 Å². The van der Waals surface area contributed by atoms with Gasteiger partial charge in [0.15, 0.2) is 0 Å². The minimum atomic E-state index is -0.760. The van der Waals surface area contributed by atoms with Crippen LogP contribution in [0.15, 0.2) is 24.3 Å². The Hall–Kier alpha value is -1.31. The van der Waals surface area contributed by atoms with Crippen LogP contribution in [-0.4, -0.2) is 11.1 Å². The molecule has 0 radical (unpaired) electrons. The van der Waals surface area contributed by atoms with Crippen molar-refractivity contribution in [2.24, 2.45) is 0 Å². The first-order chi connectivity index (χ1) is 12.7. The van der Waals surface area contributed by atoms with Gasteiger partial charge in [-0.3, -0.25) is 4.79 Å². The maximum absolute atomic E-state index is 10.7. The van der Waals surface area contributed by atoms with Gasteiger partial charge in [-0.25, -0.2) is 0 Å². The summed E-state index contributed by atoms with van der Waals surface area (Å²) < 4.78 is 0. The molecule has 0 bridgehead atoms. The lowest BCUT2D eigenvalue weighted by Gasteiger charge is -2.04. The highest BCUT2D eigenvalue weighted by molar-refractivity contribution is 5.70. The molecule has 0 fully saturated rings. The minimum absolute atomic E-state index is 0.124. The van der Waals surface area contributed by atoms with Gasteiger partial charge in [-0.05, 0) is 24.0 Å². The van der Waals surface area contributed by atoms with Crippen molar-refractivity contribution >= 4 is 5.97 Å². The van der Waals surface area contributed by atoms with Crippen LogP contribution in [0.25, 0.3) is 0 Å². The molecule has 1 aromatic carbocycles. The lowest BCUT2D eigenvalue weighted by atomic mass is 10.0. The van der Waals surface area contributed by atoms with Crippen LogP contribution in [0.3, 0.4) is 0 Å². The number of aryl methyl sites for hydroxylation is 1. The molecule has 2 heteroatoms. The van der Waals surface area contributed by atoms with E-state index in [-0.39, 0.29) is 6.42 Å². The molecule has 0 heterocycles. The molecule has 2 nitrogen and oxygen atoms in total. The summed E-state index contributed by atoms with van der Waals surface area (Å²) in [6.45, 7) is 2.28. The summed E-state index contributed by atoms with van der Waals surface area (Å²) in [5, 5.41) is 8.78. The van der Waals surface area contributed by atoms with E-state index >= 15 is 0 Å². The van der Waals surface area contributed by atoms with E-state index in [1.54, 1.807) is 0 Å². The van der Waals surface area contributed by atoms with Gasteiger partial charge in [-0.1, -0.05) is 115 Å². The quantitative estimate of drug-likeness (QED) is 0.295. The maximum atomic E-state index is 10.7. The summed E-state index contributed by atoms with van der Waals surface area (Å²) in [6, 6.07) is 8.07. The summed E-state index contributed by atoms with van der Waals surface area (Å²) in [6.07, 6.45) is 20.7. The summed E-state index contributed by atoms with van der Waals surface area (Å²) in [4.78, 5) is 10.7. The fourth-order valence-electron chi connectivity index (χ4n) is 3.52. The number of hydrogen-bond donors (Lipinski definition) is 1. The zero-order chi connectivity index (χ0) is 18.9. The molecule has 0 aliphatic carbocycles. The van der Waals surface area contributed by atoms with E-state index in [1.807, 2.05) is 12.1 Å². The number of unbranched alkanes of at least 4 members (excludes halogenated alkanes) is 13. The fraction of sp³-hybridized carbons (Fsp3) is 0.708. The van der Waals surface area contributed by atoms with Gasteiger partial charge in [-0.15, -0.1) is 0 Å². The number of carboxylic acids is 1. The monoisotopic (exact) mass is 360 g/mol. The summed E-state index contributed by atoms with van der Waals surface area (Å²) >= 11 is 0. The second kappa shape index (κ2) is 15.9. The van der Waals surface area contributed by atoms with E-state index in [9.17, 15) is 4.79 Å². The third kappa shape index (κ3) is 13.0. The van der Waals surface area contributed by atoms with Crippen LogP contribution in [-0.2, 0) is 17.6 Å². The van der Waals surface area contributed by atoms with Gasteiger partial charge in [0.25, 0.3) is 0 Å². The Balaban J connectivity index is 1.87. The van der Waals surface area contributed by atoms with Crippen molar-refractivity contribution in [3.8, 4) is 0 Å². The van der Waals surface area contributed by atoms with Crippen molar-refractivity contribution in [1.82, 2.24) is 0 Å².